The predicted molar refractivity (Wildman–Crippen MR) is 183 cm³/mol. The Balaban J connectivity index is 1.30. The van der Waals surface area contributed by atoms with Crippen LogP contribution in [-0.4, -0.2) is 0 Å². The minimum Gasteiger partial charge on any atom is -0.457 e. The second kappa shape index (κ2) is 9.10. The van der Waals surface area contributed by atoms with Gasteiger partial charge in [-0.3, -0.25) is 0 Å². The van der Waals surface area contributed by atoms with Crippen LogP contribution in [0.15, 0.2) is 158 Å². The molecule has 10 rings (SSSR count). The summed E-state index contributed by atoms with van der Waals surface area (Å²) in [5.74, 6) is 1.84. The summed E-state index contributed by atoms with van der Waals surface area (Å²) in [6.45, 7) is 0. The van der Waals surface area contributed by atoms with E-state index in [2.05, 4.69) is 168 Å². The number of benzene rings is 7. The largest absolute Gasteiger partial charge is 0.457 e. The first-order valence-electron chi connectivity index (χ1n) is 15.6. The molecular weight excluding hydrogens is 548 g/mol. The van der Waals surface area contributed by atoms with Gasteiger partial charge in [0.2, 0.25) is 0 Å². The van der Waals surface area contributed by atoms with Gasteiger partial charge in [0.15, 0.2) is 0 Å². The summed E-state index contributed by atoms with van der Waals surface area (Å²) in [4.78, 5) is 2.42. The van der Waals surface area contributed by atoms with Crippen molar-refractivity contribution in [3.63, 3.8) is 0 Å². The van der Waals surface area contributed by atoms with E-state index >= 15 is 0 Å². The number of hydrogen-bond donors (Lipinski definition) is 1. The Morgan fingerprint density at radius 2 is 1.33 bits per heavy atom. The quantitative estimate of drug-likeness (QED) is 0.226. The summed E-state index contributed by atoms with van der Waals surface area (Å²) in [6, 6.07) is 57.0. The van der Waals surface area contributed by atoms with Crippen molar-refractivity contribution in [3.8, 4) is 22.6 Å². The van der Waals surface area contributed by atoms with Crippen LogP contribution in [0.1, 0.15) is 34.0 Å². The summed E-state index contributed by atoms with van der Waals surface area (Å²) in [7, 11) is 0. The van der Waals surface area contributed by atoms with E-state index in [4.69, 9.17) is 4.74 Å². The molecule has 0 aromatic heterocycles. The van der Waals surface area contributed by atoms with Gasteiger partial charge in [0.1, 0.15) is 17.7 Å². The second-order valence-electron chi connectivity index (χ2n) is 12.1. The molecule has 0 spiro atoms. The van der Waals surface area contributed by atoms with Gasteiger partial charge in [0.25, 0.3) is 0 Å². The fraction of sp³-hybridized carbons (Fsp3) is 0.0476. The first-order chi connectivity index (χ1) is 22.3. The third kappa shape index (κ3) is 3.25. The van der Waals surface area contributed by atoms with E-state index in [1.165, 1.54) is 55.4 Å². The number of hydrogen-bond acceptors (Lipinski definition) is 3. The molecule has 0 amide bonds. The van der Waals surface area contributed by atoms with Gasteiger partial charge in [-0.05, 0) is 81.1 Å². The van der Waals surface area contributed by atoms with Gasteiger partial charge in [-0.25, -0.2) is 0 Å². The Morgan fingerprint density at radius 1 is 0.600 bits per heavy atom. The van der Waals surface area contributed by atoms with Crippen LogP contribution in [-0.2, 0) is 5.41 Å². The monoisotopic (exact) mass is 576 g/mol. The van der Waals surface area contributed by atoms with E-state index in [0.717, 1.165) is 22.9 Å². The first-order valence-corrected chi connectivity index (χ1v) is 15.6. The van der Waals surface area contributed by atoms with E-state index in [1.54, 1.807) is 0 Å². The van der Waals surface area contributed by atoms with Crippen molar-refractivity contribution in [1.82, 2.24) is 0 Å². The molecule has 2 unspecified atom stereocenters. The second-order valence-corrected chi connectivity index (χ2v) is 12.1. The highest BCUT2D eigenvalue weighted by Gasteiger charge is 2.52. The Bertz CT molecular complexity index is 2290. The minimum absolute atomic E-state index is 0.0714. The molecule has 3 nitrogen and oxygen atoms in total. The first kappa shape index (κ1) is 24.6. The molecule has 0 radical (unpaired) electrons. The molecule has 45 heavy (non-hydrogen) atoms. The maximum absolute atomic E-state index is 6.78. The van der Waals surface area contributed by atoms with Crippen molar-refractivity contribution in [3.05, 3.63) is 186 Å². The van der Waals surface area contributed by atoms with Crippen molar-refractivity contribution in [2.24, 2.45) is 0 Å². The van der Waals surface area contributed by atoms with E-state index in [1.807, 2.05) is 0 Å². The number of nitrogens with zero attached hydrogens (tertiary/aromatic N) is 1. The predicted octanol–water partition coefficient (Wildman–Crippen LogP) is 10.6. The van der Waals surface area contributed by atoms with Crippen molar-refractivity contribution >= 4 is 27.8 Å². The standard InChI is InChI=1S/C42H28N2O/c1-3-14-29(15-4-1)42-33-19-9-12-22-37(33)45-38-26-27-13-7-8-18-31(27)39(40(38)42)32-24-23-28(25-34(32)42)41-43-35-20-10-11-21-36(35)44(41)30-16-5-2-6-17-30/h1-26,41,43H. The van der Waals surface area contributed by atoms with Crippen molar-refractivity contribution < 1.29 is 4.74 Å². The zero-order valence-corrected chi connectivity index (χ0v) is 24.4. The molecular formula is C42H28N2O. The lowest BCUT2D eigenvalue weighted by molar-refractivity contribution is 0.438. The van der Waals surface area contributed by atoms with Gasteiger partial charge in [0, 0.05) is 16.8 Å². The molecule has 2 atom stereocenters. The third-order valence-corrected chi connectivity index (χ3v) is 9.89. The Labute approximate surface area is 262 Å². The number of ether oxygens (including phenoxy) is 1. The highest BCUT2D eigenvalue weighted by Crippen LogP contribution is 2.65. The fourth-order valence-corrected chi connectivity index (χ4v) is 8.12. The van der Waals surface area contributed by atoms with Crippen LogP contribution in [0, 0.1) is 0 Å². The summed E-state index contributed by atoms with van der Waals surface area (Å²) in [5.41, 5.74) is 11.6. The number of para-hydroxylation sites is 4. The lowest BCUT2D eigenvalue weighted by Crippen LogP contribution is -2.32. The van der Waals surface area contributed by atoms with Crippen LogP contribution in [0.5, 0.6) is 11.5 Å². The maximum Gasteiger partial charge on any atom is 0.133 e. The molecule has 0 saturated carbocycles. The normalized spacial score (nSPS) is 18.4. The molecule has 212 valence electrons. The summed E-state index contributed by atoms with van der Waals surface area (Å²) < 4.78 is 6.78. The van der Waals surface area contributed by atoms with E-state index < -0.39 is 5.41 Å². The van der Waals surface area contributed by atoms with Crippen LogP contribution in [0.2, 0.25) is 0 Å². The van der Waals surface area contributed by atoms with E-state index in [9.17, 15) is 0 Å². The highest BCUT2D eigenvalue weighted by molar-refractivity contribution is 6.06. The molecule has 0 bridgehead atoms. The van der Waals surface area contributed by atoms with Crippen molar-refractivity contribution in [2.45, 2.75) is 11.6 Å². The van der Waals surface area contributed by atoms with Gasteiger partial charge >= 0.3 is 0 Å². The molecule has 3 aliphatic rings. The zero-order chi connectivity index (χ0) is 29.5. The summed E-state index contributed by atoms with van der Waals surface area (Å²) in [6.07, 6.45) is -0.0714. The van der Waals surface area contributed by atoms with Gasteiger partial charge in [-0.15, -0.1) is 0 Å². The Kier molecular flexibility index (Phi) is 4.98. The van der Waals surface area contributed by atoms with Crippen LogP contribution >= 0.6 is 0 Å². The van der Waals surface area contributed by atoms with Crippen LogP contribution in [0.3, 0.4) is 0 Å². The highest BCUT2D eigenvalue weighted by atomic mass is 16.5. The molecule has 2 heterocycles. The SMILES string of the molecule is c1ccc(N2c3ccccc3NC2c2ccc3c(c2)C2(c4ccccc4)c4ccccc4Oc4cc5ccccc5c-3c42)cc1. The molecule has 1 aliphatic carbocycles. The molecule has 3 heteroatoms. The minimum atomic E-state index is -0.529. The molecule has 1 N–H and O–H groups in total. The fourth-order valence-electron chi connectivity index (χ4n) is 8.12. The van der Waals surface area contributed by atoms with Crippen molar-refractivity contribution in [2.75, 3.05) is 10.2 Å². The smallest absolute Gasteiger partial charge is 0.133 e. The number of anilines is 3. The van der Waals surface area contributed by atoms with E-state index in [-0.39, 0.29) is 6.17 Å². The number of rotatable bonds is 3. The van der Waals surface area contributed by atoms with Crippen molar-refractivity contribution in [1.29, 1.82) is 0 Å². The van der Waals surface area contributed by atoms with Gasteiger partial charge in [-0.2, -0.15) is 0 Å². The maximum atomic E-state index is 6.78. The van der Waals surface area contributed by atoms with Crippen LogP contribution < -0.4 is 15.0 Å². The molecule has 7 aromatic rings. The third-order valence-electron chi connectivity index (χ3n) is 9.89. The Hall–Kier alpha value is -5.80. The topological polar surface area (TPSA) is 24.5 Å². The number of nitrogens with one attached hydrogen (secondary N) is 1. The van der Waals surface area contributed by atoms with E-state index in [0.29, 0.717) is 0 Å². The Morgan fingerprint density at radius 3 is 2.22 bits per heavy atom. The molecule has 7 aromatic carbocycles. The number of fused-ring (bicyclic) bond motifs is 8. The van der Waals surface area contributed by atoms with Crippen LogP contribution in [0.4, 0.5) is 17.1 Å². The zero-order valence-electron chi connectivity index (χ0n) is 24.4. The summed E-state index contributed by atoms with van der Waals surface area (Å²) in [5, 5.41) is 6.31. The van der Waals surface area contributed by atoms with Gasteiger partial charge in [-0.1, -0.05) is 115 Å². The van der Waals surface area contributed by atoms with Crippen LogP contribution in [0.25, 0.3) is 21.9 Å². The lowest BCUT2D eigenvalue weighted by atomic mass is 9.66. The molecule has 2 aliphatic heterocycles. The average molecular weight is 577 g/mol. The molecule has 0 saturated heterocycles. The average Bonchev–Trinajstić information content (AvgIpc) is 3.65. The van der Waals surface area contributed by atoms with Gasteiger partial charge < -0.3 is 15.0 Å². The summed E-state index contributed by atoms with van der Waals surface area (Å²) >= 11 is 0. The molecule has 0 fully saturated rings. The van der Waals surface area contributed by atoms with Gasteiger partial charge in [0.05, 0.1) is 16.8 Å². The lowest BCUT2D eigenvalue weighted by Gasteiger charge is -2.39.